The first-order valence-corrected chi connectivity index (χ1v) is 5.82. The summed E-state index contributed by atoms with van der Waals surface area (Å²) >= 11 is 0. The van der Waals surface area contributed by atoms with Crippen LogP contribution in [0.2, 0.25) is 0 Å². The Balaban J connectivity index is 1.78. The number of nitrogens with zero attached hydrogens (tertiary/aromatic N) is 3. The number of nitrogens with one attached hydrogen (secondary N) is 1. The Hall–Kier alpha value is -1.36. The fourth-order valence-corrected chi connectivity index (χ4v) is 2.81. The van der Waals surface area contributed by atoms with Gasteiger partial charge in [-0.05, 0) is 25.5 Å². The molecule has 0 bridgehead atoms. The average Bonchev–Trinajstić information content (AvgIpc) is 2.90. The lowest BCUT2D eigenvalue weighted by Crippen LogP contribution is -2.29. The summed E-state index contributed by atoms with van der Waals surface area (Å²) in [5, 5.41) is 3.45. The molecule has 3 heterocycles. The Kier molecular flexibility index (Phi) is 2.21. The van der Waals surface area contributed by atoms with Gasteiger partial charge in [0, 0.05) is 31.2 Å². The summed E-state index contributed by atoms with van der Waals surface area (Å²) in [6, 6.07) is 1.94. The molecule has 1 aromatic rings. The third kappa shape index (κ3) is 1.61. The molecule has 5 heteroatoms. The highest BCUT2D eigenvalue weighted by Gasteiger charge is 2.40. The normalized spacial score (nSPS) is 29.1. The molecule has 0 saturated carbocycles. The fraction of sp³-hybridized carbons (Fsp3) is 0.636. The number of nitrogens with two attached hydrogens (primary N) is 1. The van der Waals surface area contributed by atoms with Gasteiger partial charge in [0.05, 0.1) is 0 Å². The van der Waals surface area contributed by atoms with E-state index in [-0.39, 0.29) is 0 Å². The molecular weight excluding hydrogens is 202 g/mol. The maximum Gasteiger partial charge on any atom is 0.221 e. The highest BCUT2D eigenvalue weighted by molar-refractivity contribution is 5.42. The van der Waals surface area contributed by atoms with Gasteiger partial charge in [0.2, 0.25) is 5.95 Å². The van der Waals surface area contributed by atoms with Crippen LogP contribution in [0, 0.1) is 5.41 Å². The molecule has 3 N–H and O–H groups in total. The third-order valence-electron chi connectivity index (χ3n) is 3.75. The maximum atomic E-state index is 5.61. The highest BCUT2D eigenvalue weighted by atomic mass is 15.2. The van der Waals surface area contributed by atoms with Gasteiger partial charge < -0.3 is 16.0 Å². The second kappa shape index (κ2) is 3.59. The van der Waals surface area contributed by atoms with Crippen molar-refractivity contribution < 1.29 is 0 Å². The molecule has 0 radical (unpaired) electrons. The largest absolute Gasteiger partial charge is 0.368 e. The molecule has 2 saturated heterocycles. The van der Waals surface area contributed by atoms with E-state index in [9.17, 15) is 0 Å². The topological polar surface area (TPSA) is 67.1 Å². The van der Waals surface area contributed by atoms with Gasteiger partial charge in [0.1, 0.15) is 5.82 Å². The van der Waals surface area contributed by atoms with E-state index in [2.05, 4.69) is 20.2 Å². The number of rotatable bonds is 1. The summed E-state index contributed by atoms with van der Waals surface area (Å²) in [5.41, 5.74) is 6.08. The first-order chi connectivity index (χ1) is 7.77. The summed E-state index contributed by atoms with van der Waals surface area (Å²) in [6.45, 7) is 4.47. The van der Waals surface area contributed by atoms with E-state index in [1.54, 1.807) is 6.20 Å². The molecule has 1 spiro atoms. The molecule has 5 nitrogen and oxygen atoms in total. The lowest BCUT2D eigenvalue weighted by atomic mass is 9.87. The van der Waals surface area contributed by atoms with Crippen LogP contribution in [0.5, 0.6) is 0 Å². The molecule has 3 rings (SSSR count). The number of anilines is 2. The summed E-state index contributed by atoms with van der Waals surface area (Å²) in [4.78, 5) is 10.5. The molecule has 2 fully saturated rings. The van der Waals surface area contributed by atoms with Crippen molar-refractivity contribution >= 4 is 11.8 Å². The molecule has 86 valence electrons. The molecular formula is C11H17N5. The minimum Gasteiger partial charge on any atom is -0.368 e. The zero-order chi connectivity index (χ0) is 11.0. The lowest BCUT2D eigenvalue weighted by molar-refractivity contribution is 0.369. The van der Waals surface area contributed by atoms with Crippen LogP contribution >= 0.6 is 0 Å². The van der Waals surface area contributed by atoms with Crippen molar-refractivity contribution in [2.45, 2.75) is 12.8 Å². The van der Waals surface area contributed by atoms with E-state index in [1.807, 2.05) is 6.07 Å². The Morgan fingerprint density at radius 2 is 2.38 bits per heavy atom. The summed E-state index contributed by atoms with van der Waals surface area (Å²) < 4.78 is 0. The standard InChI is InChI=1S/C11H17N5/c12-10-14-4-1-9(15-10)16-6-3-11(8-16)2-5-13-7-11/h1,4,13H,2-3,5-8H2,(H2,12,14,15). The van der Waals surface area contributed by atoms with E-state index in [0.717, 1.165) is 32.0 Å². The molecule has 1 unspecified atom stereocenters. The van der Waals surface area contributed by atoms with Crippen molar-refractivity contribution in [1.82, 2.24) is 15.3 Å². The number of aromatic nitrogens is 2. The van der Waals surface area contributed by atoms with Crippen LogP contribution in [-0.2, 0) is 0 Å². The second-order valence-electron chi connectivity index (χ2n) is 4.87. The van der Waals surface area contributed by atoms with Gasteiger partial charge in [-0.15, -0.1) is 0 Å². The van der Waals surface area contributed by atoms with Gasteiger partial charge in [0.25, 0.3) is 0 Å². The summed E-state index contributed by atoms with van der Waals surface area (Å²) in [7, 11) is 0. The fourth-order valence-electron chi connectivity index (χ4n) is 2.81. The van der Waals surface area contributed by atoms with E-state index in [4.69, 9.17) is 5.73 Å². The molecule has 0 amide bonds. The van der Waals surface area contributed by atoms with E-state index in [0.29, 0.717) is 11.4 Å². The summed E-state index contributed by atoms with van der Waals surface area (Å²) in [5.74, 6) is 1.33. The maximum absolute atomic E-state index is 5.61. The molecule has 16 heavy (non-hydrogen) atoms. The third-order valence-corrected chi connectivity index (χ3v) is 3.75. The van der Waals surface area contributed by atoms with Crippen molar-refractivity contribution in [1.29, 1.82) is 0 Å². The minimum atomic E-state index is 0.364. The predicted molar refractivity (Wildman–Crippen MR) is 63.2 cm³/mol. The Labute approximate surface area is 95.1 Å². The molecule has 1 aromatic heterocycles. The minimum absolute atomic E-state index is 0.364. The Bertz CT molecular complexity index is 386. The van der Waals surface area contributed by atoms with Crippen LogP contribution in [-0.4, -0.2) is 36.1 Å². The first kappa shape index (κ1) is 9.84. The predicted octanol–water partition coefficient (Wildman–Crippen LogP) is 0.249. The van der Waals surface area contributed by atoms with Gasteiger partial charge in [-0.25, -0.2) is 4.98 Å². The number of hydrogen-bond donors (Lipinski definition) is 2. The van der Waals surface area contributed by atoms with Crippen molar-refractivity contribution in [2.24, 2.45) is 5.41 Å². The molecule has 2 aliphatic heterocycles. The van der Waals surface area contributed by atoms with Crippen LogP contribution in [0.4, 0.5) is 11.8 Å². The van der Waals surface area contributed by atoms with Gasteiger partial charge in [-0.2, -0.15) is 4.98 Å². The van der Waals surface area contributed by atoms with E-state index in [1.165, 1.54) is 12.8 Å². The van der Waals surface area contributed by atoms with Gasteiger partial charge >= 0.3 is 0 Å². The van der Waals surface area contributed by atoms with Crippen LogP contribution < -0.4 is 16.0 Å². The Morgan fingerprint density at radius 3 is 3.12 bits per heavy atom. The summed E-state index contributed by atoms with van der Waals surface area (Å²) in [6.07, 6.45) is 4.27. The Morgan fingerprint density at radius 1 is 1.44 bits per heavy atom. The second-order valence-corrected chi connectivity index (χ2v) is 4.87. The van der Waals surface area contributed by atoms with Gasteiger partial charge in [0.15, 0.2) is 0 Å². The molecule has 0 aromatic carbocycles. The van der Waals surface area contributed by atoms with Crippen molar-refractivity contribution in [3.8, 4) is 0 Å². The SMILES string of the molecule is Nc1nccc(N2CCC3(CCNC3)C2)n1. The van der Waals surface area contributed by atoms with E-state index >= 15 is 0 Å². The molecule has 2 aliphatic rings. The smallest absolute Gasteiger partial charge is 0.221 e. The van der Waals surface area contributed by atoms with Crippen LogP contribution in [0.3, 0.4) is 0 Å². The lowest BCUT2D eigenvalue weighted by Gasteiger charge is -2.23. The highest BCUT2D eigenvalue weighted by Crippen LogP contribution is 2.37. The van der Waals surface area contributed by atoms with Crippen molar-refractivity contribution in [3.05, 3.63) is 12.3 Å². The van der Waals surface area contributed by atoms with Crippen LogP contribution in [0.1, 0.15) is 12.8 Å². The monoisotopic (exact) mass is 219 g/mol. The first-order valence-electron chi connectivity index (χ1n) is 5.82. The van der Waals surface area contributed by atoms with E-state index < -0.39 is 0 Å². The number of nitrogen functional groups attached to an aromatic ring is 1. The molecule has 1 atom stereocenters. The average molecular weight is 219 g/mol. The quantitative estimate of drug-likeness (QED) is 0.708. The van der Waals surface area contributed by atoms with Gasteiger partial charge in [-0.1, -0.05) is 0 Å². The zero-order valence-electron chi connectivity index (χ0n) is 9.32. The zero-order valence-corrected chi connectivity index (χ0v) is 9.32. The van der Waals surface area contributed by atoms with Crippen molar-refractivity contribution in [2.75, 3.05) is 36.8 Å². The van der Waals surface area contributed by atoms with Crippen molar-refractivity contribution in [3.63, 3.8) is 0 Å². The van der Waals surface area contributed by atoms with Crippen LogP contribution in [0.15, 0.2) is 12.3 Å². The van der Waals surface area contributed by atoms with Gasteiger partial charge in [-0.3, -0.25) is 0 Å². The molecule has 0 aliphatic carbocycles. The van der Waals surface area contributed by atoms with Crippen LogP contribution in [0.25, 0.3) is 0 Å². The number of hydrogen-bond acceptors (Lipinski definition) is 5.